The van der Waals surface area contributed by atoms with Crippen molar-refractivity contribution in [1.82, 2.24) is 4.90 Å². The molecule has 1 saturated heterocycles. The second-order valence-corrected chi connectivity index (χ2v) is 5.72. The predicted octanol–water partition coefficient (Wildman–Crippen LogP) is 2.51. The van der Waals surface area contributed by atoms with Crippen LogP contribution in [0, 0.1) is 10.1 Å². The molecule has 0 saturated carbocycles. The summed E-state index contributed by atoms with van der Waals surface area (Å²) in [5, 5.41) is 19.5. The van der Waals surface area contributed by atoms with Crippen molar-refractivity contribution in [2.24, 2.45) is 0 Å². The van der Waals surface area contributed by atoms with Gasteiger partial charge in [0.1, 0.15) is 0 Å². The van der Waals surface area contributed by atoms with Gasteiger partial charge in [0.25, 0.3) is 5.69 Å². The van der Waals surface area contributed by atoms with Crippen LogP contribution in [0.25, 0.3) is 0 Å². The van der Waals surface area contributed by atoms with Crippen molar-refractivity contribution in [3.05, 3.63) is 33.9 Å². The van der Waals surface area contributed by atoms with Crippen LogP contribution in [0.3, 0.4) is 0 Å². The lowest BCUT2D eigenvalue weighted by Crippen LogP contribution is -2.47. The number of aliphatic hydroxyl groups is 1. The van der Waals surface area contributed by atoms with Crippen LogP contribution in [0.15, 0.2) is 18.2 Å². The normalized spacial score (nSPS) is 16.4. The number of hydrogen-bond acceptors (Lipinski definition) is 5. The zero-order chi connectivity index (χ0) is 17.7. The van der Waals surface area contributed by atoms with Crippen molar-refractivity contribution < 1.29 is 23.2 Å². The van der Waals surface area contributed by atoms with Crippen molar-refractivity contribution in [2.75, 3.05) is 44.2 Å². The van der Waals surface area contributed by atoms with Gasteiger partial charge < -0.3 is 10.0 Å². The van der Waals surface area contributed by atoms with Crippen molar-refractivity contribution >= 4 is 11.4 Å². The maximum Gasteiger partial charge on any atom is 0.418 e. The van der Waals surface area contributed by atoms with Crippen LogP contribution in [-0.4, -0.2) is 54.3 Å². The van der Waals surface area contributed by atoms with Crippen LogP contribution < -0.4 is 4.90 Å². The molecule has 1 aromatic carbocycles. The number of nitro benzene ring substituents is 1. The number of nitro groups is 1. The molecule has 6 nitrogen and oxygen atoms in total. The summed E-state index contributed by atoms with van der Waals surface area (Å²) in [6.07, 6.45) is -3.08. The smallest absolute Gasteiger partial charge is 0.396 e. The minimum absolute atomic E-state index is 0.0110. The summed E-state index contributed by atoms with van der Waals surface area (Å²) in [7, 11) is 0. The first-order valence-electron chi connectivity index (χ1n) is 7.76. The van der Waals surface area contributed by atoms with Crippen molar-refractivity contribution in [2.45, 2.75) is 19.0 Å². The minimum atomic E-state index is -4.64. The largest absolute Gasteiger partial charge is 0.418 e. The second-order valence-electron chi connectivity index (χ2n) is 5.72. The Morgan fingerprint density at radius 3 is 2.38 bits per heavy atom. The van der Waals surface area contributed by atoms with Gasteiger partial charge in [-0.05, 0) is 25.5 Å². The summed E-state index contributed by atoms with van der Waals surface area (Å²) in [6, 6.07) is 2.89. The summed E-state index contributed by atoms with van der Waals surface area (Å²) in [5.74, 6) is 0. The van der Waals surface area contributed by atoms with Gasteiger partial charge in [-0.1, -0.05) is 0 Å². The zero-order valence-electron chi connectivity index (χ0n) is 13.1. The van der Waals surface area contributed by atoms with E-state index in [1.54, 1.807) is 4.90 Å². The first-order valence-corrected chi connectivity index (χ1v) is 7.76. The van der Waals surface area contributed by atoms with Gasteiger partial charge in [0.2, 0.25) is 0 Å². The molecule has 0 aromatic heterocycles. The third-order valence-corrected chi connectivity index (χ3v) is 4.09. The van der Waals surface area contributed by atoms with E-state index in [1.165, 1.54) is 6.07 Å². The SMILES string of the molecule is O=[N+]([O-])c1ccc(N2CCN(CCCCO)CC2)c(C(F)(F)F)c1. The second kappa shape index (κ2) is 7.80. The number of nitrogens with zero attached hydrogens (tertiary/aromatic N) is 3. The molecular weight excluding hydrogens is 327 g/mol. The van der Waals surface area contributed by atoms with E-state index in [0.717, 1.165) is 19.0 Å². The first kappa shape index (κ1) is 18.5. The first-order chi connectivity index (χ1) is 11.3. The van der Waals surface area contributed by atoms with Crippen LogP contribution >= 0.6 is 0 Å². The number of benzene rings is 1. The molecule has 9 heteroatoms. The standard InChI is InChI=1S/C15H20F3N3O3/c16-15(17,18)13-11-12(21(23)24)3-4-14(13)20-8-6-19(7-9-20)5-1-2-10-22/h3-4,11,22H,1-2,5-10H2. The van der Waals surface area contributed by atoms with Crippen molar-refractivity contribution in [3.8, 4) is 0 Å². The predicted molar refractivity (Wildman–Crippen MR) is 83.1 cm³/mol. The van der Waals surface area contributed by atoms with E-state index in [2.05, 4.69) is 4.90 Å². The van der Waals surface area contributed by atoms with E-state index in [1.807, 2.05) is 0 Å². The van der Waals surface area contributed by atoms with Gasteiger partial charge in [-0.15, -0.1) is 0 Å². The molecule has 1 heterocycles. The quantitative estimate of drug-likeness (QED) is 0.486. The Kier molecular flexibility index (Phi) is 6.00. The monoisotopic (exact) mass is 347 g/mol. The molecule has 0 aliphatic carbocycles. The number of unbranched alkanes of at least 4 members (excludes halogenated alkanes) is 1. The fourth-order valence-corrected chi connectivity index (χ4v) is 2.80. The number of anilines is 1. The Balaban J connectivity index is 2.11. The molecular formula is C15H20F3N3O3. The topological polar surface area (TPSA) is 69.9 Å². The summed E-state index contributed by atoms with van der Waals surface area (Å²) in [5.41, 5.74) is -1.54. The molecule has 1 aromatic rings. The molecule has 134 valence electrons. The average molecular weight is 347 g/mol. The number of halogens is 3. The van der Waals surface area contributed by atoms with E-state index in [9.17, 15) is 23.3 Å². The van der Waals surface area contributed by atoms with E-state index in [0.29, 0.717) is 38.7 Å². The van der Waals surface area contributed by atoms with E-state index >= 15 is 0 Å². The van der Waals surface area contributed by atoms with Crippen LogP contribution in [0.4, 0.5) is 24.5 Å². The number of aliphatic hydroxyl groups excluding tert-OH is 1. The van der Waals surface area contributed by atoms with E-state index < -0.39 is 22.4 Å². The molecule has 1 aliphatic rings. The highest BCUT2D eigenvalue weighted by Gasteiger charge is 2.37. The summed E-state index contributed by atoms with van der Waals surface area (Å²) < 4.78 is 39.7. The molecule has 0 unspecified atom stereocenters. The van der Waals surface area contributed by atoms with Crippen molar-refractivity contribution in [1.29, 1.82) is 0 Å². The fraction of sp³-hybridized carbons (Fsp3) is 0.600. The molecule has 1 N–H and O–H groups in total. The van der Waals surface area contributed by atoms with Gasteiger partial charge in [0, 0.05) is 50.6 Å². The van der Waals surface area contributed by atoms with Gasteiger partial charge in [-0.2, -0.15) is 13.2 Å². The molecule has 24 heavy (non-hydrogen) atoms. The van der Waals surface area contributed by atoms with Gasteiger partial charge in [0.05, 0.1) is 10.5 Å². The maximum absolute atomic E-state index is 13.2. The van der Waals surface area contributed by atoms with Crippen molar-refractivity contribution in [3.63, 3.8) is 0 Å². The minimum Gasteiger partial charge on any atom is -0.396 e. The van der Waals surface area contributed by atoms with Gasteiger partial charge >= 0.3 is 6.18 Å². The number of non-ortho nitro benzene ring substituents is 1. The molecule has 1 fully saturated rings. The molecule has 0 atom stereocenters. The molecule has 0 spiro atoms. The van der Waals surface area contributed by atoms with Crippen LogP contribution in [0.2, 0.25) is 0 Å². The summed E-state index contributed by atoms with van der Waals surface area (Å²) >= 11 is 0. The van der Waals surface area contributed by atoms with Crippen LogP contribution in [0.5, 0.6) is 0 Å². The molecule has 0 radical (unpaired) electrons. The lowest BCUT2D eigenvalue weighted by atomic mass is 10.1. The maximum atomic E-state index is 13.2. The molecule has 1 aliphatic heterocycles. The lowest BCUT2D eigenvalue weighted by molar-refractivity contribution is -0.385. The van der Waals surface area contributed by atoms with Crippen LogP contribution in [0.1, 0.15) is 18.4 Å². The number of piperazine rings is 1. The molecule has 0 amide bonds. The average Bonchev–Trinajstić information content (AvgIpc) is 2.54. The Morgan fingerprint density at radius 2 is 1.83 bits per heavy atom. The molecule has 2 rings (SSSR count). The number of rotatable bonds is 6. The number of hydrogen-bond donors (Lipinski definition) is 1. The fourth-order valence-electron chi connectivity index (χ4n) is 2.80. The highest BCUT2D eigenvalue weighted by Crippen LogP contribution is 2.39. The van der Waals surface area contributed by atoms with Gasteiger partial charge in [-0.25, -0.2) is 0 Å². The Hall–Kier alpha value is -1.87. The Morgan fingerprint density at radius 1 is 1.17 bits per heavy atom. The summed E-state index contributed by atoms with van der Waals surface area (Å²) in [4.78, 5) is 13.7. The van der Waals surface area contributed by atoms with Gasteiger partial charge in [-0.3, -0.25) is 15.0 Å². The zero-order valence-corrected chi connectivity index (χ0v) is 13.1. The molecule has 0 bridgehead atoms. The van der Waals surface area contributed by atoms with Crippen LogP contribution in [-0.2, 0) is 6.18 Å². The van der Waals surface area contributed by atoms with Gasteiger partial charge in [0.15, 0.2) is 0 Å². The highest BCUT2D eigenvalue weighted by atomic mass is 19.4. The third-order valence-electron chi connectivity index (χ3n) is 4.09. The lowest BCUT2D eigenvalue weighted by Gasteiger charge is -2.37. The summed E-state index contributed by atoms with van der Waals surface area (Å²) in [6.45, 7) is 3.05. The van der Waals surface area contributed by atoms with E-state index in [-0.39, 0.29) is 12.3 Å². The Bertz CT molecular complexity index is 573. The highest BCUT2D eigenvalue weighted by molar-refractivity contribution is 5.59. The van der Waals surface area contributed by atoms with E-state index in [4.69, 9.17) is 5.11 Å². The third kappa shape index (κ3) is 4.57. The number of alkyl halides is 3. The Labute approximate surface area is 137 Å².